The Hall–Kier alpha value is -2.45. The number of hydrogen-bond acceptors (Lipinski definition) is 7. The summed E-state index contributed by atoms with van der Waals surface area (Å²) in [5.74, 6) is 0.212. The molecule has 2 fully saturated rings. The van der Waals surface area contributed by atoms with Crippen molar-refractivity contribution in [2.45, 2.75) is 56.6 Å². The minimum atomic E-state index is -0.193. The first-order chi connectivity index (χ1) is 19.0. The molecular weight excluding hydrogens is 510 g/mol. The fraction of sp³-hybridized carbons (Fsp3) is 0.500. The molecule has 210 valence electrons. The van der Waals surface area contributed by atoms with Gasteiger partial charge < -0.3 is 14.2 Å². The summed E-state index contributed by atoms with van der Waals surface area (Å²) in [7, 11) is 1.43. The van der Waals surface area contributed by atoms with Crippen LogP contribution in [0.5, 0.6) is 0 Å². The van der Waals surface area contributed by atoms with Gasteiger partial charge in [-0.15, -0.1) is 11.8 Å². The van der Waals surface area contributed by atoms with Crippen LogP contribution in [0.2, 0.25) is 0 Å². The summed E-state index contributed by atoms with van der Waals surface area (Å²) in [6.45, 7) is 5.48. The number of ketones is 1. The Bertz CT molecular complexity index is 1090. The molecule has 1 aliphatic carbocycles. The number of methoxy groups -OCH3 is 1. The molecule has 6 nitrogen and oxygen atoms in total. The van der Waals surface area contributed by atoms with Crippen molar-refractivity contribution in [3.8, 4) is 11.1 Å². The maximum absolute atomic E-state index is 13.2. The van der Waals surface area contributed by atoms with E-state index >= 15 is 0 Å². The zero-order valence-corrected chi connectivity index (χ0v) is 24.2. The molecule has 0 amide bonds. The normalized spacial score (nSPS) is 22.8. The van der Waals surface area contributed by atoms with Crippen molar-refractivity contribution >= 4 is 23.5 Å². The van der Waals surface area contributed by atoms with Crippen LogP contribution in [0, 0.1) is 12.8 Å². The Morgan fingerprint density at radius 3 is 2.38 bits per heavy atom. The van der Waals surface area contributed by atoms with Gasteiger partial charge in [-0.25, -0.2) is 0 Å². The third kappa shape index (κ3) is 8.04. The van der Waals surface area contributed by atoms with E-state index in [0.717, 1.165) is 31.5 Å². The summed E-state index contributed by atoms with van der Waals surface area (Å²) in [5.41, 5.74) is 4.74. The Balaban J connectivity index is 1.38. The lowest BCUT2D eigenvalue weighted by Crippen LogP contribution is -2.49. The number of Topliss-reactive ketones (excluding diaryl/α,β-unsaturated/α-hetero) is 1. The highest BCUT2D eigenvalue weighted by Gasteiger charge is 2.45. The van der Waals surface area contributed by atoms with Crippen molar-refractivity contribution < 1.29 is 23.8 Å². The highest BCUT2D eigenvalue weighted by Crippen LogP contribution is 2.35. The lowest BCUT2D eigenvalue weighted by Gasteiger charge is -2.35. The van der Waals surface area contributed by atoms with Gasteiger partial charge in [-0.05, 0) is 49.1 Å². The van der Waals surface area contributed by atoms with Crippen molar-refractivity contribution in [3.63, 3.8) is 0 Å². The van der Waals surface area contributed by atoms with E-state index in [-0.39, 0.29) is 35.1 Å². The largest absolute Gasteiger partial charge is 0.468 e. The third-order valence-corrected chi connectivity index (χ3v) is 8.74. The molecule has 0 bridgehead atoms. The number of aryl methyl sites for hydroxylation is 1. The first-order valence-corrected chi connectivity index (χ1v) is 15.2. The Labute approximate surface area is 237 Å². The molecule has 0 radical (unpaired) electrons. The predicted octanol–water partition coefficient (Wildman–Crippen LogP) is 5.47. The number of carbonyl (C=O) groups is 2. The highest BCUT2D eigenvalue weighted by atomic mass is 32.2. The van der Waals surface area contributed by atoms with Crippen LogP contribution in [-0.2, 0) is 30.4 Å². The average Bonchev–Trinajstić information content (AvgIpc) is 3.29. The van der Waals surface area contributed by atoms with Crippen LogP contribution in [0.4, 0.5) is 0 Å². The molecule has 1 unspecified atom stereocenters. The number of rotatable bonds is 12. The first-order valence-electron chi connectivity index (χ1n) is 13.9. The molecule has 1 heterocycles. The molecule has 1 saturated heterocycles. The second-order valence-corrected chi connectivity index (χ2v) is 11.4. The number of morpholine rings is 1. The van der Waals surface area contributed by atoms with E-state index < -0.39 is 0 Å². The summed E-state index contributed by atoms with van der Waals surface area (Å²) >= 11 is 1.50. The molecule has 0 spiro atoms. The Kier molecular flexibility index (Phi) is 11.2. The van der Waals surface area contributed by atoms with Crippen molar-refractivity contribution in [3.05, 3.63) is 71.8 Å². The zero-order chi connectivity index (χ0) is 27.6. The van der Waals surface area contributed by atoms with Gasteiger partial charge in [0.1, 0.15) is 5.25 Å². The van der Waals surface area contributed by atoms with Crippen LogP contribution < -0.4 is 0 Å². The van der Waals surface area contributed by atoms with Crippen molar-refractivity contribution in [1.82, 2.24) is 4.90 Å². The Morgan fingerprint density at radius 2 is 1.74 bits per heavy atom. The Morgan fingerprint density at radius 1 is 1.08 bits per heavy atom. The lowest BCUT2D eigenvalue weighted by atomic mass is 9.93. The van der Waals surface area contributed by atoms with Crippen molar-refractivity contribution in [2.24, 2.45) is 5.92 Å². The molecule has 1 aliphatic heterocycles. The van der Waals surface area contributed by atoms with E-state index in [1.165, 1.54) is 35.6 Å². The highest BCUT2D eigenvalue weighted by molar-refractivity contribution is 7.99. The number of thioether (sulfide) groups is 1. The van der Waals surface area contributed by atoms with Crippen LogP contribution in [-0.4, -0.2) is 73.7 Å². The van der Waals surface area contributed by atoms with Crippen LogP contribution in [0.3, 0.4) is 0 Å². The smallest absolute Gasteiger partial charge is 0.319 e. The molecule has 4 atom stereocenters. The zero-order valence-electron chi connectivity index (χ0n) is 23.3. The van der Waals surface area contributed by atoms with Gasteiger partial charge in [0.15, 0.2) is 5.78 Å². The second-order valence-electron chi connectivity index (χ2n) is 10.4. The fourth-order valence-electron chi connectivity index (χ4n) is 5.56. The summed E-state index contributed by atoms with van der Waals surface area (Å²) in [4.78, 5) is 27.4. The van der Waals surface area contributed by atoms with Crippen LogP contribution >= 0.6 is 11.8 Å². The summed E-state index contributed by atoms with van der Waals surface area (Å²) in [5, 5.41) is -0.186. The quantitative estimate of drug-likeness (QED) is 0.256. The van der Waals surface area contributed by atoms with Crippen molar-refractivity contribution in [1.29, 1.82) is 0 Å². The number of ether oxygens (including phenoxy) is 3. The van der Waals surface area contributed by atoms with E-state index in [4.69, 9.17) is 14.2 Å². The lowest BCUT2D eigenvalue weighted by molar-refractivity contribution is -0.139. The molecule has 2 aromatic carbocycles. The second kappa shape index (κ2) is 14.8. The number of hydrogen-bond donors (Lipinski definition) is 0. The number of carbonyl (C=O) groups excluding carboxylic acids is 2. The average molecular weight is 552 g/mol. The van der Waals surface area contributed by atoms with Gasteiger partial charge in [0.25, 0.3) is 0 Å². The van der Waals surface area contributed by atoms with Gasteiger partial charge in [0, 0.05) is 25.4 Å². The standard InChI is InChI=1S/C32H41NO5S/c1-23-9-13-25(14-10-23)26-15-11-24(12-16-26)22-38-29-21-28(34)31(33-17-19-37-20-18-33)27(29)7-5-4-6-8-30(39-3)32(35)36-2/h4,6,9-16,27,29-31H,5,7-8,17-22H2,1-3H3/t27-,29-,30?,31+/m0/s1. The minimum Gasteiger partial charge on any atom is -0.468 e. The maximum Gasteiger partial charge on any atom is 0.319 e. The molecule has 2 aliphatic rings. The van der Waals surface area contributed by atoms with E-state index in [2.05, 4.69) is 72.5 Å². The molecule has 0 N–H and O–H groups in total. The summed E-state index contributed by atoms with van der Waals surface area (Å²) in [6, 6.07) is 16.9. The molecule has 7 heteroatoms. The van der Waals surface area contributed by atoms with E-state index in [0.29, 0.717) is 32.7 Å². The monoisotopic (exact) mass is 551 g/mol. The molecule has 2 aromatic rings. The van der Waals surface area contributed by atoms with Crippen LogP contribution in [0.25, 0.3) is 11.1 Å². The maximum atomic E-state index is 13.2. The summed E-state index contributed by atoms with van der Waals surface area (Å²) in [6.07, 6.45) is 8.80. The van der Waals surface area contributed by atoms with E-state index in [1.807, 2.05) is 6.26 Å². The number of benzene rings is 2. The van der Waals surface area contributed by atoms with Crippen LogP contribution in [0.1, 0.15) is 36.8 Å². The van der Waals surface area contributed by atoms with Gasteiger partial charge in [0.05, 0.1) is 39.1 Å². The van der Waals surface area contributed by atoms with Crippen LogP contribution in [0.15, 0.2) is 60.7 Å². The molecule has 1 saturated carbocycles. The first kappa shape index (κ1) is 29.5. The van der Waals surface area contributed by atoms with Gasteiger partial charge in [0.2, 0.25) is 0 Å². The van der Waals surface area contributed by atoms with Gasteiger partial charge in [-0.2, -0.15) is 0 Å². The number of esters is 1. The van der Waals surface area contributed by atoms with Gasteiger partial charge in [-0.1, -0.05) is 66.2 Å². The molecular formula is C32H41NO5S. The van der Waals surface area contributed by atoms with E-state index in [9.17, 15) is 9.59 Å². The molecule has 0 aromatic heterocycles. The minimum absolute atomic E-state index is 0.107. The van der Waals surface area contributed by atoms with E-state index in [1.54, 1.807) is 0 Å². The SMILES string of the molecule is COC(=O)C(CC=CCC[C@H]1[C@@H](OCc2ccc(-c3ccc(C)cc3)cc2)CC(=O)[C@@H]1N1CCOCC1)SC. The van der Waals surface area contributed by atoms with Crippen molar-refractivity contribution in [2.75, 3.05) is 39.7 Å². The molecule has 4 rings (SSSR count). The topological polar surface area (TPSA) is 65.1 Å². The third-order valence-electron chi connectivity index (χ3n) is 7.79. The predicted molar refractivity (Wildman–Crippen MR) is 157 cm³/mol. The number of nitrogens with zero attached hydrogens (tertiary/aromatic N) is 1. The van der Waals surface area contributed by atoms with Gasteiger partial charge >= 0.3 is 5.97 Å². The molecule has 39 heavy (non-hydrogen) atoms. The summed E-state index contributed by atoms with van der Waals surface area (Å²) < 4.78 is 16.9. The fourth-order valence-corrected chi connectivity index (χ4v) is 6.15. The number of allylic oxidation sites excluding steroid dienone is 2. The van der Waals surface area contributed by atoms with Gasteiger partial charge in [-0.3, -0.25) is 14.5 Å².